The first kappa shape index (κ1) is 20.0. The van der Waals surface area contributed by atoms with Gasteiger partial charge in [0.1, 0.15) is 5.75 Å². The number of hydrogen-bond acceptors (Lipinski definition) is 1. The quantitative estimate of drug-likeness (QED) is 0.273. The van der Waals surface area contributed by atoms with Crippen molar-refractivity contribution in [2.24, 2.45) is 0 Å². The Labute approximate surface area is 179 Å². The van der Waals surface area contributed by atoms with Crippen LogP contribution in [0, 0.1) is 0 Å². The van der Waals surface area contributed by atoms with Gasteiger partial charge in [0.25, 0.3) is 0 Å². The summed E-state index contributed by atoms with van der Waals surface area (Å²) in [5, 5.41) is 2.63. The summed E-state index contributed by atoms with van der Waals surface area (Å²) in [7, 11) is 0. The maximum Gasteiger partial charge on any atom is 0.126 e. The normalized spacial score (nSPS) is 11.4. The van der Waals surface area contributed by atoms with Crippen molar-refractivity contribution < 1.29 is 4.74 Å². The van der Waals surface area contributed by atoms with Crippen molar-refractivity contribution in [2.75, 3.05) is 6.61 Å². The molecule has 2 heteroatoms. The average Bonchev–Trinajstić information content (AvgIpc) is 3.20. The molecule has 0 atom stereocenters. The number of hydrogen-bond donors (Lipinski definition) is 0. The third-order valence-corrected chi connectivity index (χ3v) is 5.27. The fraction of sp³-hybridized carbons (Fsp3) is 0.214. The fourth-order valence-electron chi connectivity index (χ4n) is 3.74. The Hall–Kier alpha value is -3.26. The Bertz CT molecular complexity index is 1090. The zero-order chi connectivity index (χ0) is 20.6. The average molecular weight is 396 g/mol. The summed E-state index contributed by atoms with van der Waals surface area (Å²) < 4.78 is 8.17. The second kappa shape index (κ2) is 9.98. The number of para-hydroxylation sites is 1. The molecule has 4 aromatic rings. The highest BCUT2D eigenvalue weighted by atomic mass is 16.5. The molecule has 0 amide bonds. The van der Waals surface area contributed by atoms with Gasteiger partial charge < -0.3 is 9.30 Å². The first-order chi connectivity index (χ1) is 14.8. The van der Waals surface area contributed by atoms with Crippen LogP contribution >= 0.6 is 0 Å². The van der Waals surface area contributed by atoms with Crippen LogP contribution in [-0.4, -0.2) is 11.2 Å². The van der Waals surface area contributed by atoms with Gasteiger partial charge in [0.2, 0.25) is 0 Å². The molecule has 0 bridgehead atoms. The van der Waals surface area contributed by atoms with Gasteiger partial charge in [-0.3, -0.25) is 0 Å². The van der Waals surface area contributed by atoms with E-state index in [0.29, 0.717) is 0 Å². The molecule has 1 aromatic heterocycles. The largest absolute Gasteiger partial charge is 0.493 e. The van der Waals surface area contributed by atoms with Crippen molar-refractivity contribution in [3.63, 3.8) is 0 Å². The van der Waals surface area contributed by atoms with Crippen LogP contribution in [-0.2, 0) is 13.0 Å². The van der Waals surface area contributed by atoms with E-state index in [9.17, 15) is 0 Å². The van der Waals surface area contributed by atoms with Crippen molar-refractivity contribution in [2.45, 2.75) is 32.7 Å². The third-order valence-electron chi connectivity index (χ3n) is 5.27. The van der Waals surface area contributed by atoms with Gasteiger partial charge in [-0.05, 0) is 47.2 Å². The van der Waals surface area contributed by atoms with E-state index < -0.39 is 0 Å². The molecule has 0 aliphatic carbocycles. The molecule has 0 saturated carbocycles. The van der Waals surface area contributed by atoms with Crippen LogP contribution < -0.4 is 4.74 Å². The van der Waals surface area contributed by atoms with Crippen LogP contribution in [0.3, 0.4) is 0 Å². The zero-order valence-electron chi connectivity index (χ0n) is 17.6. The number of fused-ring (bicyclic) bond motifs is 1. The summed E-state index contributed by atoms with van der Waals surface area (Å²) in [6.45, 7) is 3.91. The lowest BCUT2D eigenvalue weighted by Gasteiger charge is -2.08. The number of aryl methyl sites for hydroxylation is 2. The van der Waals surface area contributed by atoms with Gasteiger partial charge in [-0.25, -0.2) is 0 Å². The van der Waals surface area contributed by atoms with E-state index in [0.717, 1.165) is 43.7 Å². The zero-order valence-corrected chi connectivity index (χ0v) is 17.6. The predicted octanol–water partition coefficient (Wildman–Crippen LogP) is 7.23. The molecule has 0 saturated heterocycles. The summed E-state index contributed by atoms with van der Waals surface area (Å²) in [5.74, 6) is 0.950. The fourth-order valence-corrected chi connectivity index (χ4v) is 3.74. The second-order valence-corrected chi connectivity index (χ2v) is 7.69. The lowest BCUT2D eigenvalue weighted by molar-refractivity contribution is 0.317. The minimum Gasteiger partial charge on any atom is -0.493 e. The highest BCUT2D eigenvalue weighted by molar-refractivity contribution is 5.82. The lowest BCUT2D eigenvalue weighted by Crippen LogP contribution is -1.96. The number of rotatable bonds is 9. The Morgan fingerprint density at radius 1 is 0.833 bits per heavy atom. The van der Waals surface area contributed by atoms with Gasteiger partial charge in [0, 0.05) is 24.5 Å². The molecule has 152 valence electrons. The minimum absolute atomic E-state index is 0.747. The van der Waals surface area contributed by atoms with Crippen LogP contribution in [0.5, 0.6) is 5.75 Å². The molecular weight excluding hydrogens is 366 g/mol. The van der Waals surface area contributed by atoms with E-state index in [1.165, 1.54) is 21.9 Å². The smallest absolute Gasteiger partial charge is 0.126 e. The topological polar surface area (TPSA) is 14.2 Å². The third kappa shape index (κ3) is 5.21. The molecule has 0 unspecified atom stereocenters. The molecular formula is C28H29NO. The Morgan fingerprint density at radius 2 is 1.60 bits per heavy atom. The molecule has 0 aliphatic rings. The van der Waals surface area contributed by atoms with Gasteiger partial charge >= 0.3 is 0 Å². The summed E-state index contributed by atoms with van der Waals surface area (Å²) >= 11 is 0. The van der Waals surface area contributed by atoms with Gasteiger partial charge in [-0.15, -0.1) is 0 Å². The summed E-state index contributed by atoms with van der Waals surface area (Å²) in [6, 6.07) is 25.6. The first-order valence-electron chi connectivity index (χ1n) is 10.9. The second-order valence-electron chi connectivity index (χ2n) is 7.69. The molecule has 0 radical (unpaired) electrons. The van der Waals surface area contributed by atoms with E-state index in [1.807, 2.05) is 12.1 Å². The van der Waals surface area contributed by atoms with E-state index in [1.54, 1.807) is 0 Å². The Morgan fingerprint density at radius 3 is 2.40 bits per heavy atom. The summed E-state index contributed by atoms with van der Waals surface area (Å²) in [5.41, 5.74) is 3.73. The van der Waals surface area contributed by atoms with E-state index in [-0.39, 0.29) is 0 Å². The molecule has 0 N–H and O–H groups in total. The molecule has 4 rings (SSSR count). The molecule has 2 nitrogen and oxygen atoms in total. The van der Waals surface area contributed by atoms with Crippen LogP contribution in [0.25, 0.3) is 22.9 Å². The molecule has 0 aliphatic heterocycles. The van der Waals surface area contributed by atoms with E-state index in [2.05, 4.69) is 96.7 Å². The maximum atomic E-state index is 5.86. The molecule has 1 heterocycles. The molecule has 0 spiro atoms. The van der Waals surface area contributed by atoms with Gasteiger partial charge in [0.15, 0.2) is 0 Å². The van der Waals surface area contributed by atoms with Crippen LogP contribution in [0.1, 0.15) is 36.5 Å². The van der Waals surface area contributed by atoms with Crippen molar-refractivity contribution in [1.82, 2.24) is 4.57 Å². The van der Waals surface area contributed by atoms with Crippen LogP contribution in [0.4, 0.5) is 0 Å². The monoisotopic (exact) mass is 395 g/mol. The van der Waals surface area contributed by atoms with E-state index >= 15 is 0 Å². The maximum absolute atomic E-state index is 5.86. The van der Waals surface area contributed by atoms with Crippen molar-refractivity contribution in [1.29, 1.82) is 0 Å². The van der Waals surface area contributed by atoms with Crippen LogP contribution in [0.2, 0.25) is 0 Å². The Kier molecular flexibility index (Phi) is 6.66. The standard InChI is InChI=1S/C28H29NO/c1-2-19-30-28-15-6-5-12-25(28)17-16-24-10-7-9-23(20-24)11-8-18-29-21-26-13-3-4-14-27(26)22-29/h3-7,9-10,12-17,20-22H,2,8,11,18-19H2,1H3. The highest BCUT2D eigenvalue weighted by Crippen LogP contribution is 2.21. The Balaban J connectivity index is 1.37. The van der Waals surface area contributed by atoms with Crippen molar-refractivity contribution >= 4 is 22.9 Å². The molecule has 3 aromatic carbocycles. The number of ether oxygens (including phenoxy) is 1. The summed E-state index contributed by atoms with van der Waals surface area (Å²) in [6.07, 6.45) is 12.0. The number of aromatic nitrogens is 1. The number of benzene rings is 3. The van der Waals surface area contributed by atoms with Gasteiger partial charge in [-0.2, -0.15) is 0 Å². The predicted molar refractivity (Wildman–Crippen MR) is 128 cm³/mol. The van der Waals surface area contributed by atoms with Crippen LogP contribution in [0.15, 0.2) is 85.2 Å². The van der Waals surface area contributed by atoms with Crippen molar-refractivity contribution in [3.05, 3.63) is 102 Å². The molecule has 30 heavy (non-hydrogen) atoms. The van der Waals surface area contributed by atoms with E-state index in [4.69, 9.17) is 4.74 Å². The lowest BCUT2D eigenvalue weighted by atomic mass is 10.0. The molecule has 0 fully saturated rings. The highest BCUT2D eigenvalue weighted by Gasteiger charge is 2.01. The van der Waals surface area contributed by atoms with Gasteiger partial charge in [-0.1, -0.05) is 85.8 Å². The summed E-state index contributed by atoms with van der Waals surface area (Å²) in [4.78, 5) is 0. The minimum atomic E-state index is 0.747. The number of nitrogens with zero attached hydrogens (tertiary/aromatic N) is 1. The first-order valence-corrected chi connectivity index (χ1v) is 10.9. The SMILES string of the molecule is CCCOc1ccccc1C=Cc1cccc(CCCn2cc3ccccc3c2)c1. The van der Waals surface area contributed by atoms with Crippen molar-refractivity contribution in [3.8, 4) is 5.75 Å². The van der Waals surface area contributed by atoms with Gasteiger partial charge in [0.05, 0.1) is 6.61 Å².